The van der Waals surface area contributed by atoms with Crippen molar-refractivity contribution in [2.45, 2.75) is 18.9 Å². The number of amides is 1. The maximum atomic E-state index is 12.3. The van der Waals surface area contributed by atoms with Crippen molar-refractivity contribution in [3.63, 3.8) is 0 Å². The highest BCUT2D eigenvalue weighted by atomic mass is 35.5. The number of aromatic nitrogens is 2. The van der Waals surface area contributed by atoms with Crippen molar-refractivity contribution >= 4 is 29.2 Å². The Labute approximate surface area is 125 Å². The van der Waals surface area contributed by atoms with Crippen LogP contribution in [0.25, 0.3) is 0 Å². The van der Waals surface area contributed by atoms with Crippen LogP contribution in [0, 0.1) is 0 Å². The summed E-state index contributed by atoms with van der Waals surface area (Å²) in [4.78, 5) is 26.7. The van der Waals surface area contributed by atoms with Gasteiger partial charge in [-0.3, -0.25) is 4.79 Å². The molecule has 21 heavy (non-hydrogen) atoms. The van der Waals surface area contributed by atoms with Crippen molar-refractivity contribution in [3.05, 3.63) is 47.0 Å². The second-order valence-electron chi connectivity index (χ2n) is 4.87. The van der Waals surface area contributed by atoms with E-state index in [0.29, 0.717) is 22.4 Å². The molecule has 1 aliphatic rings. The lowest BCUT2D eigenvalue weighted by Gasteiger charge is -2.08. The molecule has 1 aliphatic carbocycles. The Balaban J connectivity index is 1.78. The van der Waals surface area contributed by atoms with E-state index in [1.807, 2.05) is 4.57 Å². The molecule has 2 N–H and O–H groups in total. The molecule has 3 rings (SSSR count). The summed E-state index contributed by atoms with van der Waals surface area (Å²) in [5.74, 6) is -1.40. The molecule has 2 aromatic heterocycles. The lowest BCUT2D eigenvalue weighted by atomic mass is 10.3. The number of pyridine rings is 1. The summed E-state index contributed by atoms with van der Waals surface area (Å²) < 4.78 is 1.87. The number of halogens is 1. The Kier molecular flexibility index (Phi) is 3.39. The van der Waals surface area contributed by atoms with Gasteiger partial charge in [-0.1, -0.05) is 11.6 Å². The smallest absolute Gasteiger partial charge is 0.354 e. The van der Waals surface area contributed by atoms with Gasteiger partial charge in [0.25, 0.3) is 5.91 Å². The molecule has 0 bridgehead atoms. The zero-order valence-corrected chi connectivity index (χ0v) is 11.7. The van der Waals surface area contributed by atoms with Gasteiger partial charge in [-0.2, -0.15) is 0 Å². The summed E-state index contributed by atoms with van der Waals surface area (Å²) in [6, 6.07) is 4.80. The van der Waals surface area contributed by atoms with Crippen molar-refractivity contribution in [2.24, 2.45) is 0 Å². The zero-order valence-electron chi connectivity index (χ0n) is 10.9. The predicted octanol–water partition coefficient (Wildman–Crippen LogP) is 2.82. The number of aromatic carboxylic acids is 1. The molecule has 6 nitrogen and oxygen atoms in total. The largest absolute Gasteiger partial charge is 0.477 e. The van der Waals surface area contributed by atoms with Gasteiger partial charge in [0.15, 0.2) is 0 Å². The number of carbonyl (C=O) groups is 2. The SMILES string of the molecule is O=C(O)c1ccc(NC(=O)c2cc(Cl)cn2C2CC2)cn1. The molecule has 0 aromatic carbocycles. The number of hydrogen-bond donors (Lipinski definition) is 2. The third-order valence-electron chi connectivity index (χ3n) is 3.23. The first-order valence-electron chi connectivity index (χ1n) is 6.42. The highest BCUT2D eigenvalue weighted by Gasteiger charge is 2.27. The van der Waals surface area contributed by atoms with Gasteiger partial charge >= 0.3 is 5.97 Å². The van der Waals surface area contributed by atoms with Gasteiger partial charge in [0.2, 0.25) is 0 Å². The molecule has 1 fully saturated rings. The Morgan fingerprint density at radius 2 is 2.14 bits per heavy atom. The quantitative estimate of drug-likeness (QED) is 0.909. The molecule has 7 heteroatoms. The molecule has 0 aliphatic heterocycles. The minimum atomic E-state index is -1.11. The summed E-state index contributed by atoms with van der Waals surface area (Å²) in [5.41, 5.74) is 0.854. The summed E-state index contributed by atoms with van der Waals surface area (Å²) >= 11 is 5.96. The van der Waals surface area contributed by atoms with Gasteiger partial charge < -0.3 is 15.0 Å². The first-order chi connectivity index (χ1) is 10.0. The maximum Gasteiger partial charge on any atom is 0.354 e. The predicted molar refractivity (Wildman–Crippen MR) is 76.9 cm³/mol. The maximum absolute atomic E-state index is 12.3. The van der Waals surface area contributed by atoms with Crippen molar-refractivity contribution in [1.29, 1.82) is 0 Å². The Hall–Kier alpha value is -2.34. The average Bonchev–Trinajstić information content (AvgIpc) is 3.22. The molecule has 2 aromatic rings. The lowest BCUT2D eigenvalue weighted by Crippen LogP contribution is -2.16. The van der Waals surface area contributed by atoms with Crippen LogP contribution in [0.15, 0.2) is 30.6 Å². The fourth-order valence-corrected chi connectivity index (χ4v) is 2.28. The highest BCUT2D eigenvalue weighted by molar-refractivity contribution is 6.31. The first-order valence-corrected chi connectivity index (χ1v) is 6.80. The minimum Gasteiger partial charge on any atom is -0.477 e. The van der Waals surface area contributed by atoms with Gasteiger partial charge in [-0.25, -0.2) is 9.78 Å². The third kappa shape index (κ3) is 2.90. The molecular formula is C14H12ClN3O3. The molecular weight excluding hydrogens is 294 g/mol. The molecule has 108 valence electrons. The van der Waals surface area contributed by atoms with E-state index >= 15 is 0 Å². The van der Waals surface area contributed by atoms with Gasteiger partial charge in [-0.05, 0) is 31.0 Å². The highest BCUT2D eigenvalue weighted by Crippen LogP contribution is 2.37. The minimum absolute atomic E-state index is 0.0719. The van der Waals surface area contributed by atoms with Gasteiger partial charge in [-0.15, -0.1) is 0 Å². The van der Waals surface area contributed by atoms with E-state index in [1.54, 1.807) is 12.3 Å². The summed E-state index contributed by atoms with van der Waals surface area (Å²) in [7, 11) is 0. The van der Waals surface area contributed by atoms with E-state index in [1.165, 1.54) is 18.3 Å². The topological polar surface area (TPSA) is 84.2 Å². The molecule has 0 radical (unpaired) electrons. The van der Waals surface area contributed by atoms with E-state index in [2.05, 4.69) is 10.3 Å². The standard InChI is InChI=1S/C14H12ClN3O3/c15-8-5-12(18(7-8)10-2-3-10)13(19)17-9-1-4-11(14(20)21)16-6-9/h1,4-7,10H,2-3H2,(H,17,19)(H,20,21). The van der Waals surface area contributed by atoms with E-state index in [4.69, 9.17) is 16.7 Å². The van der Waals surface area contributed by atoms with Crippen molar-refractivity contribution < 1.29 is 14.7 Å². The molecule has 0 unspecified atom stereocenters. The third-order valence-corrected chi connectivity index (χ3v) is 3.44. The van der Waals surface area contributed by atoms with Crippen LogP contribution in [-0.2, 0) is 0 Å². The van der Waals surface area contributed by atoms with Crippen LogP contribution in [0.4, 0.5) is 5.69 Å². The van der Waals surface area contributed by atoms with Crippen molar-refractivity contribution in [3.8, 4) is 0 Å². The van der Waals surface area contributed by atoms with Crippen molar-refractivity contribution in [2.75, 3.05) is 5.32 Å². The number of carboxylic acids is 1. The Morgan fingerprint density at radius 3 is 2.71 bits per heavy atom. The monoisotopic (exact) mass is 305 g/mol. The molecule has 0 atom stereocenters. The second kappa shape index (κ2) is 5.21. The second-order valence-corrected chi connectivity index (χ2v) is 5.31. The normalized spacial score (nSPS) is 14.0. The fourth-order valence-electron chi connectivity index (χ4n) is 2.07. The van der Waals surface area contributed by atoms with Crippen LogP contribution < -0.4 is 5.32 Å². The van der Waals surface area contributed by atoms with Crippen LogP contribution in [0.1, 0.15) is 39.9 Å². The summed E-state index contributed by atoms with van der Waals surface area (Å²) in [5, 5.41) is 12.0. The fraction of sp³-hybridized carbons (Fsp3) is 0.214. The first kappa shape index (κ1) is 13.6. The van der Waals surface area contributed by atoms with Crippen LogP contribution in [0.5, 0.6) is 0 Å². The van der Waals surface area contributed by atoms with Crippen LogP contribution in [-0.4, -0.2) is 26.5 Å². The Morgan fingerprint density at radius 1 is 1.38 bits per heavy atom. The number of nitrogens with zero attached hydrogens (tertiary/aromatic N) is 2. The summed E-state index contributed by atoms with van der Waals surface area (Å²) in [6.45, 7) is 0. The molecule has 0 spiro atoms. The number of carboxylic acid groups (broad SMARTS) is 1. The molecule has 1 saturated carbocycles. The van der Waals surface area contributed by atoms with Crippen LogP contribution >= 0.6 is 11.6 Å². The number of anilines is 1. The summed E-state index contributed by atoms with van der Waals surface area (Å²) in [6.07, 6.45) is 5.15. The van der Waals surface area contributed by atoms with Crippen molar-refractivity contribution in [1.82, 2.24) is 9.55 Å². The van der Waals surface area contributed by atoms with E-state index in [9.17, 15) is 9.59 Å². The number of hydrogen-bond acceptors (Lipinski definition) is 3. The van der Waals surface area contributed by atoms with E-state index in [-0.39, 0.29) is 11.6 Å². The van der Waals surface area contributed by atoms with Crippen LogP contribution in [0.2, 0.25) is 5.02 Å². The van der Waals surface area contributed by atoms with Crippen LogP contribution in [0.3, 0.4) is 0 Å². The zero-order chi connectivity index (χ0) is 15.0. The average molecular weight is 306 g/mol. The molecule has 0 saturated heterocycles. The van der Waals surface area contributed by atoms with E-state index in [0.717, 1.165) is 12.8 Å². The molecule has 1 amide bonds. The number of nitrogens with one attached hydrogen (secondary N) is 1. The van der Waals surface area contributed by atoms with E-state index < -0.39 is 5.97 Å². The van der Waals surface area contributed by atoms with Gasteiger partial charge in [0, 0.05) is 12.2 Å². The molecule has 2 heterocycles. The number of rotatable bonds is 4. The van der Waals surface area contributed by atoms with Gasteiger partial charge in [0.05, 0.1) is 16.9 Å². The van der Waals surface area contributed by atoms with Gasteiger partial charge in [0.1, 0.15) is 11.4 Å². The lowest BCUT2D eigenvalue weighted by molar-refractivity contribution is 0.0690. The number of carbonyl (C=O) groups excluding carboxylic acids is 1. The Bertz CT molecular complexity index is 705.